The lowest BCUT2D eigenvalue weighted by atomic mass is 10.0. The Morgan fingerprint density at radius 1 is 0.259 bits per heavy atom. The van der Waals surface area contributed by atoms with Gasteiger partial charge >= 0.3 is 17.9 Å². The topological polar surface area (TPSA) is 78.9 Å². The predicted octanol–water partition coefficient (Wildman–Crippen LogP) is 23.8. The smallest absolute Gasteiger partial charge is 0.306 e. The number of ether oxygens (including phenoxy) is 3. The van der Waals surface area contributed by atoms with Crippen molar-refractivity contribution in [1.29, 1.82) is 0 Å². The molecule has 0 amide bonds. The third-order valence-electron chi connectivity index (χ3n) is 14.8. The Morgan fingerprint density at radius 3 is 0.765 bits per heavy atom. The fourth-order valence-electron chi connectivity index (χ4n) is 9.63. The van der Waals surface area contributed by atoms with E-state index in [4.69, 9.17) is 14.2 Å². The molecule has 0 N–H and O–H groups in total. The SMILES string of the molecule is CC/C=C\C/C=C\C/C=C\C/C=C\C/C=C\C/C=C\C/C=C\C/C=C\CCCCCCCCCCC(=O)OCC(COC(=O)CCCCCCCCCCCCCCCC)OC(=O)CCCCCCC/C=C\CCCCCCCCC. The van der Waals surface area contributed by atoms with Crippen molar-refractivity contribution < 1.29 is 28.6 Å². The lowest BCUT2D eigenvalue weighted by Crippen LogP contribution is -2.30. The van der Waals surface area contributed by atoms with Crippen LogP contribution in [-0.2, 0) is 28.6 Å². The standard InChI is InChI=1S/C75H128O6/c1-4-7-10-13-16-19-22-25-28-30-31-32-33-34-35-36-37-38-39-40-41-42-43-44-45-46-48-50-53-56-59-62-65-68-74(77)80-71-72(70-79-73(76)67-64-61-58-55-52-49-27-24-21-18-15-12-9-6-3)81-75(78)69-66-63-60-57-54-51-47-29-26-23-20-17-14-11-8-5-2/h7,10,16,19,25,28-29,31-32,34-35,37-38,40-41,43-44,47,72H,4-6,8-9,11-15,17-18,20-24,26-27,30,33,36,39,42,45-46,48-71H2,1-3H3/b10-7-,19-16-,28-25-,32-31-,35-34-,38-37-,41-40-,44-43-,47-29-. The molecule has 0 spiro atoms. The van der Waals surface area contributed by atoms with Crippen LogP contribution in [0.5, 0.6) is 0 Å². The van der Waals surface area contributed by atoms with Crippen LogP contribution in [0.1, 0.15) is 329 Å². The molecular weight excluding hydrogens is 997 g/mol. The summed E-state index contributed by atoms with van der Waals surface area (Å²) in [5.74, 6) is -0.885. The summed E-state index contributed by atoms with van der Waals surface area (Å²) >= 11 is 0. The Morgan fingerprint density at radius 2 is 0.481 bits per heavy atom. The van der Waals surface area contributed by atoms with Crippen LogP contribution < -0.4 is 0 Å². The third-order valence-corrected chi connectivity index (χ3v) is 14.8. The van der Waals surface area contributed by atoms with Crippen LogP contribution in [0.2, 0.25) is 0 Å². The van der Waals surface area contributed by atoms with Crippen molar-refractivity contribution in [3.63, 3.8) is 0 Å². The van der Waals surface area contributed by atoms with Crippen molar-refractivity contribution >= 4 is 17.9 Å². The van der Waals surface area contributed by atoms with Crippen LogP contribution in [0.15, 0.2) is 109 Å². The van der Waals surface area contributed by atoms with Crippen molar-refractivity contribution in [2.45, 2.75) is 335 Å². The Labute approximate surface area is 501 Å². The minimum Gasteiger partial charge on any atom is -0.462 e. The highest BCUT2D eigenvalue weighted by molar-refractivity contribution is 5.71. The quantitative estimate of drug-likeness (QED) is 0.0261. The second kappa shape index (κ2) is 68.6. The first-order valence-corrected chi connectivity index (χ1v) is 34.4. The fourth-order valence-corrected chi connectivity index (χ4v) is 9.63. The van der Waals surface area contributed by atoms with E-state index in [-0.39, 0.29) is 31.1 Å². The lowest BCUT2D eigenvalue weighted by Gasteiger charge is -2.18. The highest BCUT2D eigenvalue weighted by Crippen LogP contribution is 2.16. The molecule has 0 radical (unpaired) electrons. The Hall–Kier alpha value is -3.93. The molecule has 0 aromatic rings. The maximum atomic E-state index is 12.9. The Kier molecular flexibility index (Phi) is 65.2. The molecule has 6 heteroatoms. The molecular formula is C75H128O6. The van der Waals surface area contributed by atoms with E-state index in [1.54, 1.807) is 0 Å². The van der Waals surface area contributed by atoms with Crippen LogP contribution in [0.25, 0.3) is 0 Å². The maximum Gasteiger partial charge on any atom is 0.306 e. The molecule has 464 valence electrons. The van der Waals surface area contributed by atoms with Crippen LogP contribution in [0, 0.1) is 0 Å². The summed E-state index contributed by atoms with van der Waals surface area (Å²) in [6.45, 7) is 6.54. The van der Waals surface area contributed by atoms with Crippen molar-refractivity contribution in [3.05, 3.63) is 109 Å². The highest BCUT2D eigenvalue weighted by atomic mass is 16.6. The number of carbonyl (C=O) groups is 3. The van der Waals surface area contributed by atoms with E-state index in [1.165, 1.54) is 161 Å². The van der Waals surface area contributed by atoms with Gasteiger partial charge in [0.15, 0.2) is 6.10 Å². The van der Waals surface area contributed by atoms with Gasteiger partial charge in [0.05, 0.1) is 0 Å². The second-order valence-corrected chi connectivity index (χ2v) is 22.7. The van der Waals surface area contributed by atoms with E-state index >= 15 is 0 Å². The summed E-state index contributed by atoms with van der Waals surface area (Å²) in [4.78, 5) is 38.4. The Bertz CT molecular complexity index is 1620. The monoisotopic (exact) mass is 1120 g/mol. The van der Waals surface area contributed by atoms with Gasteiger partial charge in [-0.15, -0.1) is 0 Å². The summed E-state index contributed by atoms with van der Waals surface area (Å²) in [6.07, 6.45) is 93.9. The normalized spacial score (nSPS) is 12.8. The van der Waals surface area contributed by atoms with Crippen LogP contribution in [0.4, 0.5) is 0 Å². The molecule has 6 nitrogen and oxygen atoms in total. The minimum absolute atomic E-state index is 0.0805. The molecule has 0 aromatic heterocycles. The first-order valence-electron chi connectivity index (χ1n) is 34.4. The fraction of sp³-hybridized carbons (Fsp3) is 0.720. The number of esters is 3. The van der Waals surface area contributed by atoms with E-state index in [2.05, 4.69) is 130 Å². The van der Waals surface area contributed by atoms with Crippen LogP contribution in [-0.4, -0.2) is 37.2 Å². The van der Waals surface area contributed by atoms with E-state index < -0.39 is 6.10 Å². The molecule has 0 fully saturated rings. The largest absolute Gasteiger partial charge is 0.462 e. The molecule has 1 atom stereocenters. The minimum atomic E-state index is -0.786. The van der Waals surface area contributed by atoms with Gasteiger partial charge < -0.3 is 14.2 Å². The molecule has 0 aliphatic heterocycles. The molecule has 0 aliphatic carbocycles. The van der Waals surface area contributed by atoms with E-state index in [9.17, 15) is 14.4 Å². The molecule has 0 rings (SSSR count). The van der Waals surface area contributed by atoms with Gasteiger partial charge in [-0.1, -0.05) is 310 Å². The number of carbonyl (C=O) groups excluding carboxylic acids is 3. The molecule has 0 saturated carbocycles. The van der Waals surface area contributed by atoms with Gasteiger partial charge in [0.25, 0.3) is 0 Å². The van der Waals surface area contributed by atoms with Crippen LogP contribution in [0.3, 0.4) is 0 Å². The van der Waals surface area contributed by atoms with Gasteiger partial charge in [-0.3, -0.25) is 14.4 Å². The highest BCUT2D eigenvalue weighted by Gasteiger charge is 2.19. The van der Waals surface area contributed by atoms with Crippen molar-refractivity contribution in [2.24, 2.45) is 0 Å². The number of hydrogen-bond donors (Lipinski definition) is 0. The van der Waals surface area contributed by atoms with Gasteiger partial charge in [0, 0.05) is 19.3 Å². The number of rotatable bonds is 62. The Balaban J connectivity index is 4.28. The molecule has 0 bridgehead atoms. The molecule has 0 aliphatic rings. The van der Waals surface area contributed by atoms with Crippen molar-refractivity contribution in [2.75, 3.05) is 13.2 Å². The first kappa shape index (κ1) is 77.1. The number of allylic oxidation sites excluding steroid dienone is 18. The van der Waals surface area contributed by atoms with Gasteiger partial charge in [0.2, 0.25) is 0 Å². The second-order valence-electron chi connectivity index (χ2n) is 22.7. The average Bonchev–Trinajstić information content (AvgIpc) is 3.47. The van der Waals surface area contributed by atoms with Gasteiger partial charge in [-0.05, 0) is 109 Å². The summed E-state index contributed by atoms with van der Waals surface area (Å²) in [5.41, 5.74) is 0. The first-order chi connectivity index (χ1) is 40.0. The van der Waals surface area contributed by atoms with Gasteiger partial charge in [-0.2, -0.15) is 0 Å². The van der Waals surface area contributed by atoms with E-state index in [0.29, 0.717) is 19.3 Å². The zero-order valence-electron chi connectivity index (χ0n) is 53.3. The van der Waals surface area contributed by atoms with E-state index in [1.807, 2.05) is 0 Å². The maximum absolute atomic E-state index is 12.9. The summed E-state index contributed by atoms with van der Waals surface area (Å²) < 4.78 is 16.9. The molecule has 0 aromatic carbocycles. The third kappa shape index (κ3) is 66.8. The van der Waals surface area contributed by atoms with Gasteiger partial charge in [-0.25, -0.2) is 0 Å². The molecule has 0 heterocycles. The number of unbranched alkanes of at least 4 members (excludes halogenated alkanes) is 33. The zero-order valence-corrected chi connectivity index (χ0v) is 53.3. The van der Waals surface area contributed by atoms with E-state index in [0.717, 1.165) is 128 Å². The number of hydrogen-bond acceptors (Lipinski definition) is 6. The van der Waals surface area contributed by atoms with Crippen molar-refractivity contribution in [3.8, 4) is 0 Å². The predicted molar refractivity (Wildman–Crippen MR) is 353 cm³/mol. The lowest BCUT2D eigenvalue weighted by molar-refractivity contribution is -0.167. The zero-order chi connectivity index (χ0) is 58.5. The summed E-state index contributed by atoms with van der Waals surface area (Å²) in [6, 6.07) is 0. The van der Waals surface area contributed by atoms with Crippen LogP contribution >= 0.6 is 0 Å². The average molecular weight is 1130 g/mol. The summed E-state index contributed by atoms with van der Waals surface area (Å²) in [7, 11) is 0. The summed E-state index contributed by atoms with van der Waals surface area (Å²) in [5, 5.41) is 0. The van der Waals surface area contributed by atoms with Gasteiger partial charge in [0.1, 0.15) is 13.2 Å². The molecule has 0 saturated heterocycles. The van der Waals surface area contributed by atoms with Crippen molar-refractivity contribution in [1.82, 2.24) is 0 Å². The molecule has 81 heavy (non-hydrogen) atoms. The molecule has 1 unspecified atom stereocenters.